The van der Waals surface area contributed by atoms with Crippen LogP contribution in [-0.4, -0.2) is 9.78 Å². The highest BCUT2D eigenvalue weighted by Crippen LogP contribution is 2.17. The number of hydrogen-bond donors (Lipinski definition) is 2. The first kappa shape index (κ1) is 10.5. The monoisotopic (exact) mass is 220 g/mol. The molecule has 1 aromatic carbocycles. The van der Waals surface area contributed by atoms with Crippen molar-refractivity contribution >= 4 is 11.4 Å². The number of benzene rings is 1. The third kappa shape index (κ3) is 2.13. The fourth-order valence-corrected chi connectivity index (χ4v) is 1.45. The van der Waals surface area contributed by atoms with Gasteiger partial charge in [0.05, 0.1) is 17.6 Å². The van der Waals surface area contributed by atoms with Crippen LogP contribution in [0.2, 0.25) is 0 Å². The van der Waals surface area contributed by atoms with E-state index in [1.54, 1.807) is 23.0 Å². The molecule has 0 amide bonds. The molecule has 0 radical (unpaired) electrons. The van der Waals surface area contributed by atoms with Gasteiger partial charge in [-0.1, -0.05) is 12.1 Å². The first-order valence-corrected chi connectivity index (χ1v) is 4.92. The molecule has 0 aliphatic heterocycles. The number of aryl methyl sites for hydroxylation is 1. The topological polar surface area (TPSA) is 55.9 Å². The lowest BCUT2D eigenvalue weighted by Gasteiger charge is -2.07. The minimum Gasteiger partial charge on any atom is -0.396 e. The van der Waals surface area contributed by atoms with Crippen LogP contribution < -0.4 is 11.1 Å². The van der Waals surface area contributed by atoms with E-state index in [0.29, 0.717) is 6.54 Å². The standard InChI is InChI=1S/C11H13FN4/c1-16-7-9(6-15-16)14-5-8-3-2-4-10(12)11(8)13/h2-4,6-7,14H,5,13H2,1H3. The molecule has 5 heteroatoms. The van der Waals surface area contributed by atoms with Gasteiger partial charge in [0.15, 0.2) is 0 Å². The van der Waals surface area contributed by atoms with Crippen molar-refractivity contribution in [2.24, 2.45) is 7.05 Å². The Balaban J connectivity index is 2.07. The summed E-state index contributed by atoms with van der Waals surface area (Å²) in [6, 6.07) is 4.79. The number of hydrogen-bond acceptors (Lipinski definition) is 3. The van der Waals surface area contributed by atoms with E-state index >= 15 is 0 Å². The van der Waals surface area contributed by atoms with Crippen molar-refractivity contribution < 1.29 is 4.39 Å². The van der Waals surface area contributed by atoms with E-state index in [4.69, 9.17) is 5.73 Å². The normalized spacial score (nSPS) is 10.4. The predicted molar refractivity (Wildman–Crippen MR) is 61.3 cm³/mol. The van der Waals surface area contributed by atoms with Gasteiger partial charge < -0.3 is 11.1 Å². The lowest BCUT2D eigenvalue weighted by Crippen LogP contribution is -2.04. The Morgan fingerprint density at radius 3 is 3.00 bits per heavy atom. The van der Waals surface area contributed by atoms with E-state index in [2.05, 4.69) is 10.4 Å². The van der Waals surface area contributed by atoms with E-state index in [9.17, 15) is 4.39 Å². The Morgan fingerprint density at radius 2 is 2.31 bits per heavy atom. The first-order valence-electron chi connectivity index (χ1n) is 4.92. The number of halogens is 1. The highest BCUT2D eigenvalue weighted by Gasteiger charge is 2.04. The number of nitrogens with one attached hydrogen (secondary N) is 1. The van der Waals surface area contributed by atoms with Gasteiger partial charge >= 0.3 is 0 Å². The van der Waals surface area contributed by atoms with Crippen LogP contribution in [0.25, 0.3) is 0 Å². The van der Waals surface area contributed by atoms with Crippen LogP contribution in [0.3, 0.4) is 0 Å². The minimum atomic E-state index is -0.384. The second-order valence-corrected chi connectivity index (χ2v) is 3.57. The Hall–Kier alpha value is -2.04. The molecule has 0 saturated heterocycles. The average Bonchev–Trinajstić information content (AvgIpc) is 2.67. The van der Waals surface area contributed by atoms with Gasteiger partial charge in [0.25, 0.3) is 0 Å². The van der Waals surface area contributed by atoms with E-state index < -0.39 is 0 Å². The highest BCUT2D eigenvalue weighted by molar-refractivity contribution is 5.50. The van der Waals surface area contributed by atoms with Crippen LogP contribution in [-0.2, 0) is 13.6 Å². The molecule has 0 aliphatic carbocycles. The van der Waals surface area contributed by atoms with Gasteiger partial charge in [-0.05, 0) is 11.6 Å². The zero-order chi connectivity index (χ0) is 11.5. The molecule has 1 heterocycles. The van der Waals surface area contributed by atoms with Gasteiger partial charge in [0.1, 0.15) is 5.82 Å². The summed E-state index contributed by atoms with van der Waals surface area (Å²) in [5, 5.41) is 7.14. The summed E-state index contributed by atoms with van der Waals surface area (Å²) >= 11 is 0. The molecule has 0 fully saturated rings. The van der Waals surface area contributed by atoms with Crippen LogP contribution in [0.15, 0.2) is 30.6 Å². The molecule has 2 rings (SSSR count). The number of para-hydroxylation sites is 1. The van der Waals surface area contributed by atoms with Crippen molar-refractivity contribution in [3.8, 4) is 0 Å². The largest absolute Gasteiger partial charge is 0.396 e. The molecule has 0 saturated carbocycles. The zero-order valence-electron chi connectivity index (χ0n) is 8.94. The molecule has 84 valence electrons. The smallest absolute Gasteiger partial charge is 0.146 e. The Labute approximate surface area is 92.9 Å². The van der Waals surface area contributed by atoms with E-state index in [0.717, 1.165) is 11.3 Å². The molecule has 0 atom stereocenters. The maximum Gasteiger partial charge on any atom is 0.146 e. The third-order valence-corrected chi connectivity index (χ3v) is 2.33. The lowest BCUT2D eigenvalue weighted by molar-refractivity contribution is 0.631. The van der Waals surface area contributed by atoms with Crippen LogP contribution in [0.5, 0.6) is 0 Å². The molecule has 1 aromatic heterocycles. The number of nitrogens with zero attached hydrogens (tertiary/aromatic N) is 2. The molecule has 0 spiro atoms. The van der Waals surface area contributed by atoms with Gasteiger partial charge in [0, 0.05) is 19.8 Å². The van der Waals surface area contributed by atoms with Gasteiger partial charge in [-0.3, -0.25) is 4.68 Å². The van der Waals surface area contributed by atoms with E-state index in [1.165, 1.54) is 6.07 Å². The maximum absolute atomic E-state index is 13.1. The fourth-order valence-electron chi connectivity index (χ4n) is 1.45. The van der Waals surface area contributed by atoms with Crippen molar-refractivity contribution in [1.82, 2.24) is 9.78 Å². The quantitative estimate of drug-likeness (QED) is 0.775. The maximum atomic E-state index is 13.1. The van der Waals surface area contributed by atoms with Gasteiger partial charge in [0.2, 0.25) is 0 Å². The summed E-state index contributed by atoms with van der Waals surface area (Å²) in [6.45, 7) is 0.481. The second kappa shape index (κ2) is 4.22. The zero-order valence-corrected chi connectivity index (χ0v) is 8.94. The molecule has 3 N–H and O–H groups in total. The highest BCUT2D eigenvalue weighted by atomic mass is 19.1. The van der Waals surface area contributed by atoms with Crippen LogP contribution in [0.4, 0.5) is 15.8 Å². The van der Waals surface area contributed by atoms with Crippen molar-refractivity contribution in [1.29, 1.82) is 0 Å². The number of aromatic nitrogens is 2. The molecule has 16 heavy (non-hydrogen) atoms. The molecular weight excluding hydrogens is 207 g/mol. The van der Waals surface area contributed by atoms with E-state index in [-0.39, 0.29) is 11.5 Å². The molecule has 2 aromatic rings. The Kier molecular flexibility index (Phi) is 2.76. The summed E-state index contributed by atoms with van der Waals surface area (Å²) in [5.41, 5.74) is 7.43. The van der Waals surface area contributed by atoms with Crippen molar-refractivity contribution in [3.63, 3.8) is 0 Å². The molecule has 0 bridgehead atoms. The molecule has 0 unspecified atom stereocenters. The number of nitrogens with two attached hydrogens (primary N) is 1. The molecular formula is C11H13FN4. The van der Waals surface area contributed by atoms with E-state index in [1.807, 2.05) is 13.2 Å². The Morgan fingerprint density at radius 1 is 1.50 bits per heavy atom. The number of nitrogen functional groups attached to an aromatic ring is 1. The van der Waals surface area contributed by atoms with Crippen molar-refractivity contribution in [2.75, 3.05) is 11.1 Å². The summed E-state index contributed by atoms with van der Waals surface area (Å²) in [6.07, 6.45) is 3.55. The summed E-state index contributed by atoms with van der Waals surface area (Å²) in [7, 11) is 1.84. The van der Waals surface area contributed by atoms with Crippen molar-refractivity contribution in [3.05, 3.63) is 42.0 Å². The van der Waals surface area contributed by atoms with Crippen molar-refractivity contribution in [2.45, 2.75) is 6.54 Å². The lowest BCUT2D eigenvalue weighted by atomic mass is 10.1. The summed E-state index contributed by atoms with van der Waals surface area (Å²) in [4.78, 5) is 0. The van der Waals surface area contributed by atoms with Gasteiger partial charge in [-0.25, -0.2) is 4.39 Å². The third-order valence-electron chi connectivity index (χ3n) is 2.33. The van der Waals surface area contributed by atoms with Crippen LogP contribution in [0, 0.1) is 5.82 Å². The molecule has 4 nitrogen and oxygen atoms in total. The number of rotatable bonds is 3. The van der Waals surface area contributed by atoms with Crippen LogP contribution >= 0.6 is 0 Å². The Bertz CT molecular complexity index is 492. The number of anilines is 2. The predicted octanol–water partition coefficient (Wildman–Crippen LogP) is 1.75. The first-order chi connectivity index (χ1) is 7.66. The second-order valence-electron chi connectivity index (χ2n) is 3.57. The van der Waals surface area contributed by atoms with Gasteiger partial charge in [-0.15, -0.1) is 0 Å². The SMILES string of the molecule is Cn1cc(NCc2cccc(F)c2N)cn1. The summed E-state index contributed by atoms with van der Waals surface area (Å²) in [5.74, 6) is -0.384. The van der Waals surface area contributed by atoms with Crippen LogP contribution in [0.1, 0.15) is 5.56 Å². The summed E-state index contributed by atoms with van der Waals surface area (Å²) < 4.78 is 14.8. The average molecular weight is 220 g/mol. The van der Waals surface area contributed by atoms with Gasteiger partial charge in [-0.2, -0.15) is 5.10 Å². The minimum absolute atomic E-state index is 0.193. The fraction of sp³-hybridized carbons (Fsp3) is 0.182. The molecule has 0 aliphatic rings.